The molecule has 2 unspecified atom stereocenters. The largest absolute Gasteiger partial charge is 0.438 e. The standard InChI is InChI=1S/C27H29FN2O3/c1-19-18-23(12-15-29-19)22-6-4-21(5-7-22)20(2)30-16-14-27(13-3-17-31,33-26(30)32)24-8-10-25(28)11-9-24/h4-12,15,18,20,31H,3,13-14,16-17H2,1-2H3. The highest BCUT2D eigenvalue weighted by atomic mass is 19.1. The van der Waals surface area contributed by atoms with Gasteiger partial charge >= 0.3 is 6.09 Å². The second kappa shape index (κ2) is 9.71. The van der Waals surface area contributed by atoms with E-state index in [0.29, 0.717) is 25.8 Å². The van der Waals surface area contributed by atoms with Crippen molar-refractivity contribution in [1.82, 2.24) is 9.88 Å². The SMILES string of the molecule is Cc1cc(-c2ccc(C(C)N3CCC(CCCO)(c4ccc(F)cc4)OC3=O)cc2)ccn1. The number of aliphatic hydroxyl groups excluding tert-OH is 1. The molecular weight excluding hydrogens is 419 g/mol. The van der Waals surface area contributed by atoms with E-state index in [-0.39, 0.29) is 18.5 Å². The Hall–Kier alpha value is -3.25. The highest BCUT2D eigenvalue weighted by molar-refractivity contribution is 5.70. The van der Waals surface area contributed by atoms with Crippen LogP contribution >= 0.6 is 0 Å². The molecule has 0 radical (unpaired) electrons. The second-order valence-corrected chi connectivity index (χ2v) is 8.62. The highest BCUT2D eigenvalue weighted by Gasteiger charge is 2.43. The second-order valence-electron chi connectivity index (χ2n) is 8.62. The molecule has 4 rings (SSSR count). The van der Waals surface area contributed by atoms with Crippen LogP contribution in [0.3, 0.4) is 0 Å². The Morgan fingerprint density at radius 3 is 2.48 bits per heavy atom. The van der Waals surface area contributed by atoms with Gasteiger partial charge in [0, 0.05) is 31.5 Å². The van der Waals surface area contributed by atoms with Gasteiger partial charge in [-0.15, -0.1) is 0 Å². The van der Waals surface area contributed by atoms with E-state index in [1.54, 1.807) is 23.2 Å². The Balaban J connectivity index is 1.51. The lowest BCUT2D eigenvalue weighted by Gasteiger charge is -2.43. The van der Waals surface area contributed by atoms with Crippen LogP contribution in [0.25, 0.3) is 11.1 Å². The maximum Gasteiger partial charge on any atom is 0.411 e. The molecular formula is C27H29FN2O3. The number of aryl methyl sites for hydroxylation is 1. The highest BCUT2D eigenvalue weighted by Crippen LogP contribution is 2.40. The first-order valence-corrected chi connectivity index (χ1v) is 11.3. The van der Waals surface area contributed by atoms with E-state index in [1.807, 2.05) is 38.1 Å². The molecule has 2 heterocycles. The summed E-state index contributed by atoms with van der Waals surface area (Å²) in [5.41, 5.74) is 4.09. The van der Waals surface area contributed by atoms with Gasteiger partial charge in [0.2, 0.25) is 0 Å². The number of ether oxygens (including phenoxy) is 1. The topological polar surface area (TPSA) is 62.7 Å². The van der Waals surface area contributed by atoms with Crippen LogP contribution in [-0.4, -0.2) is 34.2 Å². The van der Waals surface area contributed by atoms with E-state index in [4.69, 9.17) is 4.74 Å². The summed E-state index contributed by atoms with van der Waals surface area (Å²) in [5, 5.41) is 9.36. The summed E-state index contributed by atoms with van der Waals surface area (Å²) in [6.45, 7) is 4.47. The van der Waals surface area contributed by atoms with E-state index in [9.17, 15) is 14.3 Å². The van der Waals surface area contributed by atoms with Gasteiger partial charge in [-0.25, -0.2) is 9.18 Å². The van der Waals surface area contributed by atoms with Crippen molar-refractivity contribution in [3.63, 3.8) is 0 Å². The first-order valence-electron chi connectivity index (χ1n) is 11.3. The third-order valence-electron chi connectivity index (χ3n) is 6.47. The first kappa shape index (κ1) is 22.9. The lowest BCUT2D eigenvalue weighted by atomic mass is 9.84. The van der Waals surface area contributed by atoms with Crippen LogP contribution in [-0.2, 0) is 10.3 Å². The van der Waals surface area contributed by atoms with Gasteiger partial charge in [0.25, 0.3) is 0 Å². The number of carbonyl (C=O) groups is 1. The van der Waals surface area contributed by atoms with Crippen LogP contribution in [0.1, 0.15) is 49.0 Å². The molecule has 2 aromatic carbocycles. The van der Waals surface area contributed by atoms with E-state index < -0.39 is 11.7 Å². The fourth-order valence-corrected chi connectivity index (χ4v) is 4.52. The van der Waals surface area contributed by atoms with Crippen LogP contribution in [0, 0.1) is 12.7 Å². The minimum atomic E-state index is -0.854. The molecule has 0 spiro atoms. The molecule has 5 nitrogen and oxygen atoms in total. The first-order chi connectivity index (χ1) is 15.9. The van der Waals surface area contributed by atoms with Gasteiger partial charge in [-0.05, 0) is 73.2 Å². The molecule has 1 aliphatic rings. The summed E-state index contributed by atoms with van der Waals surface area (Å²) in [7, 11) is 0. The number of nitrogens with zero attached hydrogens (tertiary/aromatic N) is 2. The Labute approximate surface area is 193 Å². The number of hydrogen-bond acceptors (Lipinski definition) is 4. The molecule has 1 aliphatic heterocycles. The fourth-order valence-electron chi connectivity index (χ4n) is 4.52. The van der Waals surface area contributed by atoms with Crippen LogP contribution in [0.2, 0.25) is 0 Å². The van der Waals surface area contributed by atoms with Crippen LogP contribution in [0.15, 0.2) is 66.9 Å². The lowest BCUT2D eigenvalue weighted by molar-refractivity contribution is -0.0680. The van der Waals surface area contributed by atoms with E-state index in [2.05, 4.69) is 17.1 Å². The summed E-state index contributed by atoms with van der Waals surface area (Å²) in [5.74, 6) is -0.334. The smallest absolute Gasteiger partial charge is 0.411 e. The fraction of sp³-hybridized carbons (Fsp3) is 0.333. The number of aromatic nitrogens is 1. The molecule has 1 saturated heterocycles. The summed E-state index contributed by atoms with van der Waals surface area (Å²) < 4.78 is 19.5. The molecule has 1 aromatic heterocycles. The van der Waals surface area contributed by atoms with E-state index in [0.717, 1.165) is 27.9 Å². The van der Waals surface area contributed by atoms with Gasteiger partial charge in [-0.2, -0.15) is 0 Å². The zero-order valence-corrected chi connectivity index (χ0v) is 19.0. The monoisotopic (exact) mass is 448 g/mol. The molecule has 1 N–H and O–H groups in total. The van der Waals surface area contributed by atoms with Gasteiger partial charge in [0.1, 0.15) is 11.4 Å². The summed E-state index contributed by atoms with van der Waals surface area (Å²) in [4.78, 5) is 19.1. The summed E-state index contributed by atoms with van der Waals surface area (Å²) in [6.07, 6.45) is 2.96. The molecule has 0 bridgehead atoms. The molecule has 6 heteroatoms. The van der Waals surface area contributed by atoms with E-state index in [1.165, 1.54) is 12.1 Å². The predicted octanol–water partition coefficient (Wildman–Crippen LogP) is 5.77. The van der Waals surface area contributed by atoms with E-state index >= 15 is 0 Å². The number of pyridine rings is 1. The Kier molecular flexibility index (Phi) is 6.75. The average molecular weight is 449 g/mol. The molecule has 0 aliphatic carbocycles. The number of carbonyl (C=O) groups excluding carboxylic acids is 1. The minimum Gasteiger partial charge on any atom is -0.438 e. The van der Waals surface area contributed by atoms with Crippen molar-refractivity contribution in [1.29, 1.82) is 0 Å². The molecule has 0 saturated carbocycles. The van der Waals surface area contributed by atoms with Crippen LogP contribution < -0.4 is 0 Å². The van der Waals surface area contributed by atoms with Crippen molar-refractivity contribution < 1.29 is 19.0 Å². The Morgan fingerprint density at radius 2 is 1.85 bits per heavy atom. The van der Waals surface area contributed by atoms with Crippen molar-refractivity contribution in [3.05, 3.63) is 89.5 Å². The lowest BCUT2D eigenvalue weighted by Crippen LogP contribution is -2.48. The minimum absolute atomic E-state index is 0.00393. The van der Waals surface area contributed by atoms with Gasteiger partial charge < -0.3 is 14.7 Å². The molecule has 2 atom stereocenters. The molecule has 172 valence electrons. The Bertz CT molecular complexity index is 1100. The quantitative estimate of drug-likeness (QED) is 0.499. The van der Waals surface area contributed by atoms with Crippen LogP contribution in [0.5, 0.6) is 0 Å². The van der Waals surface area contributed by atoms with Crippen molar-refractivity contribution in [2.75, 3.05) is 13.2 Å². The van der Waals surface area contributed by atoms with Gasteiger partial charge in [-0.3, -0.25) is 4.98 Å². The van der Waals surface area contributed by atoms with Gasteiger partial charge in [-0.1, -0.05) is 36.4 Å². The number of aliphatic hydroxyl groups is 1. The number of cyclic esters (lactones) is 1. The zero-order valence-electron chi connectivity index (χ0n) is 19.0. The third-order valence-corrected chi connectivity index (χ3v) is 6.47. The van der Waals surface area contributed by atoms with Crippen molar-refractivity contribution in [3.8, 4) is 11.1 Å². The van der Waals surface area contributed by atoms with Gasteiger partial charge in [0.05, 0.1) is 6.04 Å². The molecule has 1 amide bonds. The van der Waals surface area contributed by atoms with Crippen molar-refractivity contribution >= 4 is 6.09 Å². The summed E-state index contributed by atoms with van der Waals surface area (Å²) in [6, 6.07) is 18.1. The number of hydrogen-bond donors (Lipinski definition) is 1. The molecule has 33 heavy (non-hydrogen) atoms. The summed E-state index contributed by atoms with van der Waals surface area (Å²) >= 11 is 0. The maximum absolute atomic E-state index is 13.5. The number of rotatable bonds is 7. The number of halogens is 1. The normalized spacial score (nSPS) is 19.3. The van der Waals surface area contributed by atoms with Gasteiger partial charge in [0.15, 0.2) is 0 Å². The maximum atomic E-state index is 13.5. The van der Waals surface area contributed by atoms with Crippen molar-refractivity contribution in [2.45, 2.75) is 44.8 Å². The number of benzene rings is 2. The zero-order chi connectivity index (χ0) is 23.4. The molecule has 1 fully saturated rings. The molecule has 3 aromatic rings. The van der Waals surface area contributed by atoms with Crippen molar-refractivity contribution in [2.24, 2.45) is 0 Å². The predicted molar refractivity (Wildman–Crippen MR) is 125 cm³/mol. The Morgan fingerprint density at radius 1 is 1.12 bits per heavy atom. The average Bonchev–Trinajstić information content (AvgIpc) is 2.83. The van der Waals surface area contributed by atoms with Crippen LogP contribution in [0.4, 0.5) is 9.18 Å². The number of amides is 1. The third kappa shape index (κ3) is 4.91.